The quantitative estimate of drug-likeness (QED) is 0.644. The van der Waals surface area contributed by atoms with Crippen molar-refractivity contribution in [2.75, 3.05) is 0 Å². The smallest absolute Gasteiger partial charge is 0.408 e. The van der Waals surface area contributed by atoms with Crippen molar-refractivity contribution in [1.82, 2.24) is 10.3 Å². The number of alkyl carbamates (subject to hydrolysis) is 1. The monoisotopic (exact) mass is 337 g/mol. The van der Waals surface area contributed by atoms with Crippen LogP contribution in [0.2, 0.25) is 0 Å². The molecule has 0 aliphatic rings. The highest BCUT2D eigenvalue weighted by atomic mass is 16.5. The van der Waals surface area contributed by atoms with Crippen LogP contribution in [0.4, 0.5) is 4.79 Å². The fourth-order valence-electron chi connectivity index (χ4n) is 2.65. The lowest BCUT2D eigenvalue weighted by Gasteiger charge is -2.15. The van der Waals surface area contributed by atoms with Crippen molar-refractivity contribution in [2.24, 2.45) is 5.73 Å². The molecule has 0 fully saturated rings. The van der Waals surface area contributed by atoms with E-state index in [0.29, 0.717) is 6.42 Å². The molecule has 0 aliphatic carbocycles. The first-order valence-electron chi connectivity index (χ1n) is 7.95. The second-order valence-corrected chi connectivity index (χ2v) is 5.72. The molecule has 0 aliphatic heterocycles. The molecule has 0 saturated heterocycles. The molecule has 1 atom stereocenters. The van der Waals surface area contributed by atoms with Gasteiger partial charge in [0.05, 0.1) is 0 Å². The Labute approximate surface area is 145 Å². The lowest BCUT2D eigenvalue weighted by molar-refractivity contribution is -0.119. The van der Waals surface area contributed by atoms with Gasteiger partial charge >= 0.3 is 6.09 Å². The topological polar surface area (TPSA) is 97.2 Å². The van der Waals surface area contributed by atoms with Gasteiger partial charge in [0.15, 0.2) is 0 Å². The SMILES string of the molecule is NC(=O)C(Cc1c[nH]c2ccccc12)NC(=O)OCc1ccccc1. The minimum Gasteiger partial charge on any atom is -0.445 e. The number of nitrogens with two attached hydrogens (primary N) is 1. The lowest BCUT2D eigenvalue weighted by atomic mass is 10.0. The summed E-state index contributed by atoms with van der Waals surface area (Å²) < 4.78 is 5.15. The van der Waals surface area contributed by atoms with Crippen LogP contribution in [0.15, 0.2) is 60.8 Å². The maximum atomic E-state index is 12.0. The van der Waals surface area contributed by atoms with E-state index in [1.54, 1.807) is 0 Å². The summed E-state index contributed by atoms with van der Waals surface area (Å²) in [6.45, 7) is 0.130. The number of aromatic nitrogens is 1. The van der Waals surface area contributed by atoms with E-state index in [2.05, 4.69) is 10.3 Å². The lowest BCUT2D eigenvalue weighted by Crippen LogP contribution is -2.46. The molecule has 3 rings (SSSR count). The van der Waals surface area contributed by atoms with Crippen LogP contribution in [0.3, 0.4) is 0 Å². The van der Waals surface area contributed by atoms with Gasteiger partial charge in [-0.05, 0) is 17.2 Å². The van der Waals surface area contributed by atoms with Gasteiger partial charge in [0.25, 0.3) is 0 Å². The average molecular weight is 337 g/mol. The molecular weight excluding hydrogens is 318 g/mol. The van der Waals surface area contributed by atoms with E-state index in [1.807, 2.05) is 60.8 Å². The first-order chi connectivity index (χ1) is 12.1. The van der Waals surface area contributed by atoms with Gasteiger partial charge in [-0.25, -0.2) is 4.79 Å². The number of carbonyl (C=O) groups is 2. The highest BCUT2D eigenvalue weighted by Crippen LogP contribution is 2.19. The molecule has 1 aromatic heterocycles. The second kappa shape index (κ2) is 7.53. The van der Waals surface area contributed by atoms with E-state index in [1.165, 1.54) is 0 Å². The number of aromatic amines is 1. The molecule has 1 unspecified atom stereocenters. The summed E-state index contributed by atoms with van der Waals surface area (Å²) in [6, 6.07) is 16.2. The van der Waals surface area contributed by atoms with Crippen LogP contribution in [-0.2, 0) is 22.6 Å². The van der Waals surface area contributed by atoms with E-state index in [4.69, 9.17) is 10.5 Å². The molecule has 6 nitrogen and oxygen atoms in total. The Morgan fingerprint density at radius 2 is 1.80 bits per heavy atom. The van der Waals surface area contributed by atoms with Crippen LogP contribution < -0.4 is 11.1 Å². The Balaban J connectivity index is 1.63. The molecule has 2 amide bonds. The van der Waals surface area contributed by atoms with Gasteiger partial charge in [-0.15, -0.1) is 0 Å². The highest BCUT2D eigenvalue weighted by Gasteiger charge is 2.21. The third-order valence-electron chi connectivity index (χ3n) is 3.95. The minimum atomic E-state index is -0.845. The Hall–Kier alpha value is -3.28. The Morgan fingerprint density at radius 3 is 2.56 bits per heavy atom. The van der Waals surface area contributed by atoms with Crippen LogP contribution in [-0.4, -0.2) is 23.0 Å². The zero-order valence-electron chi connectivity index (χ0n) is 13.6. The highest BCUT2D eigenvalue weighted by molar-refractivity contribution is 5.87. The van der Waals surface area contributed by atoms with E-state index in [0.717, 1.165) is 22.0 Å². The van der Waals surface area contributed by atoms with Crippen molar-refractivity contribution >= 4 is 22.9 Å². The van der Waals surface area contributed by atoms with Gasteiger partial charge in [0.1, 0.15) is 12.6 Å². The molecule has 0 saturated carbocycles. The van der Waals surface area contributed by atoms with E-state index in [-0.39, 0.29) is 6.61 Å². The van der Waals surface area contributed by atoms with Crippen LogP contribution in [0.25, 0.3) is 10.9 Å². The predicted molar refractivity (Wildman–Crippen MR) is 94.7 cm³/mol. The van der Waals surface area contributed by atoms with Gasteiger partial charge < -0.3 is 20.8 Å². The number of nitrogens with one attached hydrogen (secondary N) is 2. The standard InChI is InChI=1S/C19H19N3O3/c20-18(23)17(10-14-11-21-16-9-5-4-8-15(14)16)22-19(24)25-12-13-6-2-1-3-7-13/h1-9,11,17,21H,10,12H2,(H2,20,23)(H,22,24). The fraction of sp³-hybridized carbons (Fsp3) is 0.158. The number of H-pyrrole nitrogens is 1. The first kappa shape index (κ1) is 16.6. The maximum Gasteiger partial charge on any atom is 0.408 e. The number of hydrogen-bond acceptors (Lipinski definition) is 3. The van der Waals surface area contributed by atoms with Crippen molar-refractivity contribution < 1.29 is 14.3 Å². The van der Waals surface area contributed by atoms with Crippen LogP contribution in [0.1, 0.15) is 11.1 Å². The number of rotatable bonds is 6. The molecule has 25 heavy (non-hydrogen) atoms. The first-order valence-corrected chi connectivity index (χ1v) is 7.95. The molecule has 128 valence electrons. The van der Waals surface area contributed by atoms with Crippen LogP contribution in [0.5, 0.6) is 0 Å². The molecule has 2 aromatic carbocycles. The molecule has 0 bridgehead atoms. The van der Waals surface area contributed by atoms with Gasteiger partial charge in [-0.1, -0.05) is 48.5 Å². The average Bonchev–Trinajstić information content (AvgIpc) is 3.03. The number of hydrogen-bond donors (Lipinski definition) is 3. The molecule has 6 heteroatoms. The van der Waals surface area contributed by atoms with Crippen molar-refractivity contribution in [3.8, 4) is 0 Å². The number of amides is 2. The zero-order valence-corrected chi connectivity index (χ0v) is 13.6. The Kier molecular flexibility index (Phi) is 4.99. The summed E-state index contributed by atoms with van der Waals surface area (Å²) in [5, 5.41) is 3.53. The Bertz CT molecular complexity index is 874. The third kappa shape index (κ3) is 4.17. The Morgan fingerprint density at radius 1 is 1.08 bits per heavy atom. The summed E-state index contributed by atoms with van der Waals surface area (Å²) in [6.07, 6.45) is 1.43. The summed E-state index contributed by atoms with van der Waals surface area (Å²) in [5.41, 5.74) is 8.17. The second-order valence-electron chi connectivity index (χ2n) is 5.72. The minimum absolute atomic E-state index is 0.130. The van der Waals surface area contributed by atoms with Crippen LogP contribution >= 0.6 is 0 Å². The summed E-state index contributed by atoms with van der Waals surface area (Å²) in [5.74, 6) is -0.609. The summed E-state index contributed by atoms with van der Waals surface area (Å²) >= 11 is 0. The zero-order chi connectivity index (χ0) is 17.6. The predicted octanol–water partition coefficient (Wildman–Crippen LogP) is 2.49. The number of ether oxygens (including phenoxy) is 1. The number of para-hydroxylation sites is 1. The maximum absolute atomic E-state index is 12.0. The van der Waals surface area contributed by atoms with Gasteiger partial charge in [-0.2, -0.15) is 0 Å². The van der Waals surface area contributed by atoms with Crippen molar-refractivity contribution in [2.45, 2.75) is 19.1 Å². The number of benzene rings is 2. The van der Waals surface area contributed by atoms with Crippen molar-refractivity contribution in [3.63, 3.8) is 0 Å². The van der Waals surface area contributed by atoms with Crippen LogP contribution in [0, 0.1) is 0 Å². The third-order valence-corrected chi connectivity index (χ3v) is 3.95. The fourth-order valence-corrected chi connectivity index (χ4v) is 2.65. The largest absolute Gasteiger partial charge is 0.445 e. The molecular formula is C19H19N3O3. The van der Waals surface area contributed by atoms with Gasteiger partial charge in [-0.3, -0.25) is 4.79 Å². The van der Waals surface area contributed by atoms with Gasteiger partial charge in [0, 0.05) is 23.5 Å². The van der Waals surface area contributed by atoms with E-state index in [9.17, 15) is 9.59 Å². The molecule has 1 heterocycles. The molecule has 0 radical (unpaired) electrons. The molecule has 3 aromatic rings. The van der Waals surface area contributed by atoms with Crippen molar-refractivity contribution in [1.29, 1.82) is 0 Å². The normalized spacial score (nSPS) is 11.8. The molecule has 4 N–H and O–H groups in total. The van der Waals surface area contributed by atoms with E-state index >= 15 is 0 Å². The summed E-state index contributed by atoms with van der Waals surface area (Å²) in [4.78, 5) is 26.8. The molecule has 0 spiro atoms. The van der Waals surface area contributed by atoms with E-state index < -0.39 is 18.0 Å². The van der Waals surface area contributed by atoms with Gasteiger partial charge in [0.2, 0.25) is 5.91 Å². The summed E-state index contributed by atoms with van der Waals surface area (Å²) in [7, 11) is 0. The number of primary amides is 1. The number of fused-ring (bicyclic) bond motifs is 1. The number of carbonyl (C=O) groups excluding carboxylic acids is 2. The van der Waals surface area contributed by atoms with Crippen molar-refractivity contribution in [3.05, 3.63) is 71.9 Å².